The number of furan rings is 1. The van der Waals surface area contributed by atoms with E-state index in [9.17, 15) is 0 Å². The fourth-order valence-electron chi connectivity index (χ4n) is 3.93. The first-order valence-electron chi connectivity index (χ1n) is 9.58. The van der Waals surface area contributed by atoms with Gasteiger partial charge in [0.25, 0.3) is 0 Å². The van der Waals surface area contributed by atoms with E-state index in [0.29, 0.717) is 11.6 Å². The van der Waals surface area contributed by atoms with Gasteiger partial charge in [-0.2, -0.15) is 9.97 Å². The molecule has 2 heterocycles. The number of hydrogen-bond donors (Lipinski definition) is 0. The van der Waals surface area contributed by atoms with Gasteiger partial charge in [-0.25, -0.2) is 4.98 Å². The summed E-state index contributed by atoms with van der Waals surface area (Å²) in [6, 6.07) is 28.1. The van der Waals surface area contributed by atoms with Crippen LogP contribution in [0.2, 0.25) is 5.28 Å². The Hall–Kier alpha value is -3.76. The summed E-state index contributed by atoms with van der Waals surface area (Å²) in [5, 5.41) is 4.48. The summed E-state index contributed by atoms with van der Waals surface area (Å²) in [6.07, 6.45) is 0. The van der Waals surface area contributed by atoms with E-state index in [2.05, 4.69) is 34.2 Å². The van der Waals surface area contributed by atoms with Crippen LogP contribution in [0.25, 0.3) is 55.5 Å². The van der Waals surface area contributed by atoms with Crippen LogP contribution < -0.4 is 0 Å². The van der Waals surface area contributed by atoms with E-state index in [4.69, 9.17) is 21.0 Å². The van der Waals surface area contributed by atoms with Crippen LogP contribution in [0.15, 0.2) is 89.3 Å². The highest BCUT2D eigenvalue weighted by Crippen LogP contribution is 2.40. The quantitative estimate of drug-likeness (QED) is 0.313. The molecule has 142 valence electrons. The van der Waals surface area contributed by atoms with Gasteiger partial charge in [0, 0.05) is 16.3 Å². The molecule has 0 radical (unpaired) electrons. The van der Waals surface area contributed by atoms with Gasteiger partial charge in [-0.15, -0.1) is 0 Å². The number of hydrogen-bond acceptors (Lipinski definition) is 4. The third kappa shape index (κ3) is 2.65. The van der Waals surface area contributed by atoms with Crippen molar-refractivity contribution in [3.05, 3.63) is 90.2 Å². The second-order valence-corrected chi connectivity index (χ2v) is 7.40. The van der Waals surface area contributed by atoms with E-state index in [0.717, 1.165) is 43.8 Å². The van der Waals surface area contributed by atoms with Crippen LogP contribution in [0.3, 0.4) is 0 Å². The SMILES string of the molecule is Clc1nc(-c2ccccc2)nc(-c2cc3ccccc3c3c2oc2ccccc23)n1. The summed E-state index contributed by atoms with van der Waals surface area (Å²) in [4.78, 5) is 13.5. The third-order valence-electron chi connectivity index (χ3n) is 5.25. The molecule has 6 aromatic rings. The molecule has 0 unspecified atom stereocenters. The molecule has 30 heavy (non-hydrogen) atoms. The zero-order valence-electron chi connectivity index (χ0n) is 15.7. The molecule has 0 amide bonds. The number of fused-ring (bicyclic) bond motifs is 5. The van der Waals surface area contributed by atoms with E-state index in [-0.39, 0.29) is 5.28 Å². The van der Waals surface area contributed by atoms with Gasteiger partial charge >= 0.3 is 0 Å². The van der Waals surface area contributed by atoms with Gasteiger partial charge in [-0.3, -0.25) is 0 Å². The summed E-state index contributed by atoms with van der Waals surface area (Å²) in [5.74, 6) is 1.02. The number of benzene rings is 4. The minimum absolute atomic E-state index is 0.149. The van der Waals surface area contributed by atoms with Crippen LogP contribution in [-0.4, -0.2) is 15.0 Å². The van der Waals surface area contributed by atoms with Gasteiger partial charge in [-0.05, 0) is 34.5 Å². The monoisotopic (exact) mass is 407 g/mol. The molecule has 5 heteroatoms. The lowest BCUT2D eigenvalue weighted by molar-refractivity contribution is 0.670. The van der Waals surface area contributed by atoms with Crippen molar-refractivity contribution < 1.29 is 4.42 Å². The number of halogens is 1. The minimum atomic E-state index is 0.149. The second-order valence-electron chi connectivity index (χ2n) is 7.07. The Morgan fingerprint density at radius 3 is 2.23 bits per heavy atom. The Balaban J connectivity index is 1.72. The Kier molecular flexibility index (Phi) is 3.79. The highest BCUT2D eigenvalue weighted by atomic mass is 35.5. The molecule has 0 aliphatic heterocycles. The number of para-hydroxylation sites is 1. The molecule has 0 saturated heterocycles. The molecule has 4 nitrogen and oxygen atoms in total. The average molecular weight is 408 g/mol. The van der Waals surface area contributed by atoms with E-state index in [1.807, 2.05) is 60.7 Å². The van der Waals surface area contributed by atoms with Gasteiger partial charge in [0.15, 0.2) is 11.6 Å². The molecule has 0 fully saturated rings. The van der Waals surface area contributed by atoms with E-state index in [1.54, 1.807) is 0 Å². The van der Waals surface area contributed by atoms with Crippen LogP contribution in [0.4, 0.5) is 0 Å². The van der Waals surface area contributed by atoms with Gasteiger partial charge in [0.1, 0.15) is 11.2 Å². The lowest BCUT2D eigenvalue weighted by Crippen LogP contribution is -1.97. The van der Waals surface area contributed by atoms with Crippen molar-refractivity contribution >= 4 is 44.3 Å². The molecule has 0 bridgehead atoms. The number of aromatic nitrogens is 3. The van der Waals surface area contributed by atoms with Crippen molar-refractivity contribution in [2.75, 3.05) is 0 Å². The van der Waals surface area contributed by atoms with Gasteiger partial charge in [-0.1, -0.05) is 72.8 Å². The topological polar surface area (TPSA) is 51.8 Å². The molecule has 0 saturated carbocycles. The van der Waals surface area contributed by atoms with Gasteiger partial charge < -0.3 is 4.42 Å². The molecule has 4 aromatic carbocycles. The van der Waals surface area contributed by atoms with Crippen molar-refractivity contribution in [1.82, 2.24) is 15.0 Å². The highest BCUT2D eigenvalue weighted by molar-refractivity contribution is 6.28. The van der Waals surface area contributed by atoms with Gasteiger partial charge in [0.2, 0.25) is 5.28 Å². The Bertz CT molecular complexity index is 1560. The van der Waals surface area contributed by atoms with E-state index >= 15 is 0 Å². The number of rotatable bonds is 2. The summed E-state index contributed by atoms with van der Waals surface area (Å²) in [7, 11) is 0. The maximum absolute atomic E-state index is 6.31. The van der Waals surface area contributed by atoms with Gasteiger partial charge in [0.05, 0.1) is 5.56 Å². The van der Waals surface area contributed by atoms with E-state index in [1.165, 1.54) is 0 Å². The first-order chi connectivity index (χ1) is 14.8. The van der Waals surface area contributed by atoms with Crippen molar-refractivity contribution in [3.63, 3.8) is 0 Å². The van der Waals surface area contributed by atoms with Crippen LogP contribution in [-0.2, 0) is 0 Å². The zero-order valence-corrected chi connectivity index (χ0v) is 16.5. The molecule has 0 aliphatic carbocycles. The molecular formula is C25H14ClN3O. The molecule has 0 aliphatic rings. The smallest absolute Gasteiger partial charge is 0.226 e. The third-order valence-corrected chi connectivity index (χ3v) is 5.42. The van der Waals surface area contributed by atoms with Crippen LogP contribution in [0, 0.1) is 0 Å². The van der Waals surface area contributed by atoms with Crippen molar-refractivity contribution in [1.29, 1.82) is 0 Å². The fraction of sp³-hybridized carbons (Fsp3) is 0. The summed E-state index contributed by atoms with van der Waals surface area (Å²) >= 11 is 6.31. The lowest BCUT2D eigenvalue weighted by atomic mass is 10.00. The number of nitrogens with zero attached hydrogens (tertiary/aromatic N) is 3. The lowest BCUT2D eigenvalue weighted by Gasteiger charge is -2.08. The Labute approximate surface area is 176 Å². The minimum Gasteiger partial charge on any atom is -0.455 e. The summed E-state index contributed by atoms with van der Waals surface area (Å²) < 4.78 is 6.29. The summed E-state index contributed by atoms with van der Waals surface area (Å²) in [5.41, 5.74) is 3.25. The van der Waals surface area contributed by atoms with Crippen molar-refractivity contribution in [2.45, 2.75) is 0 Å². The molecule has 0 N–H and O–H groups in total. The predicted octanol–water partition coefficient (Wildman–Crippen LogP) is 6.91. The van der Waals surface area contributed by atoms with Crippen molar-refractivity contribution in [3.8, 4) is 22.8 Å². The Morgan fingerprint density at radius 1 is 0.667 bits per heavy atom. The second kappa shape index (κ2) is 6.65. The predicted molar refractivity (Wildman–Crippen MR) is 120 cm³/mol. The maximum Gasteiger partial charge on any atom is 0.226 e. The normalized spacial score (nSPS) is 11.5. The van der Waals surface area contributed by atoms with E-state index < -0.39 is 0 Å². The molecular weight excluding hydrogens is 394 g/mol. The largest absolute Gasteiger partial charge is 0.455 e. The first kappa shape index (κ1) is 17.1. The van der Waals surface area contributed by atoms with Crippen LogP contribution in [0.5, 0.6) is 0 Å². The maximum atomic E-state index is 6.31. The molecule has 6 rings (SSSR count). The Morgan fingerprint density at radius 2 is 1.37 bits per heavy atom. The fourth-order valence-corrected chi connectivity index (χ4v) is 4.09. The first-order valence-corrected chi connectivity index (χ1v) is 9.96. The summed E-state index contributed by atoms with van der Waals surface area (Å²) in [6.45, 7) is 0. The standard InChI is InChI=1S/C25H14ClN3O/c26-25-28-23(15-8-2-1-3-9-15)27-24(29-25)19-14-16-10-4-5-11-17(16)21-18-12-6-7-13-20(18)30-22(19)21/h1-14H. The van der Waals surface area contributed by atoms with Crippen LogP contribution in [0.1, 0.15) is 0 Å². The molecule has 2 aromatic heterocycles. The average Bonchev–Trinajstić information content (AvgIpc) is 3.18. The zero-order chi connectivity index (χ0) is 20.1. The van der Waals surface area contributed by atoms with Crippen LogP contribution >= 0.6 is 11.6 Å². The molecule has 0 atom stereocenters. The highest BCUT2D eigenvalue weighted by Gasteiger charge is 2.19. The van der Waals surface area contributed by atoms with Crippen molar-refractivity contribution in [2.24, 2.45) is 0 Å². The molecule has 0 spiro atoms.